The average molecular weight is 451 g/mol. The molecule has 12 nitrogen and oxygen atoms in total. The number of phenols is 2. The van der Waals surface area contributed by atoms with Gasteiger partial charge < -0.3 is 51.8 Å². The van der Waals surface area contributed by atoms with Crippen LogP contribution in [0.5, 0.6) is 34.5 Å². The van der Waals surface area contributed by atoms with Gasteiger partial charge in [-0.15, -0.1) is 0 Å². The third-order valence-corrected chi connectivity index (χ3v) is 2.73. The van der Waals surface area contributed by atoms with E-state index in [1.54, 1.807) is 0 Å². The molecule has 27 heavy (non-hydrogen) atoms. The first-order chi connectivity index (χ1) is 11.0. The van der Waals surface area contributed by atoms with Crippen molar-refractivity contribution in [2.24, 2.45) is 0 Å². The Morgan fingerprint density at radius 3 is 1.11 bits per heavy atom. The van der Waals surface area contributed by atoms with E-state index in [0.29, 0.717) is 0 Å². The fraction of sp³-hybridized carbons (Fsp3) is 0. The van der Waals surface area contributed by atoms with E-state index in [4.69, 9.17) is 40.9 Å². The van der Waals surface area contributed by atoms with Crippen LogP contribution < -0.4 is 0 Å². The van der Waals surface area contributed by atoms with Crippen LogP contribution in [0.15, 0.2) is 24.3 Å². The number of hydrogen-bond acceptors (Lipinski definition) is 6. The van der Waals surface area contributed by atoms with Crippen LogP contribution in [0.2, 0.25) is 0 Å². The van der Waals surface area contributed by atoms with Gasteiger partial charge in [-0.25, -0.2) is 9.59 Å². The maximum atomic E-state index is 10.4. The van der Waals surface area contributed by atoms with Crippen LogP contribution in [-0.4, -0.2) is 81.3 Å². The number of hydrogen-bond donors (Lipinski definition) is 4. The fourth-order valence-electron chi connectivity index (χ4n) is 1.50. The summed E-state index contributed by atoms with van der Waals surface area (Å²) in [6.45, 7) is 0. The van der Waals surface area contributed by atoms with Crippen LogP contribution in [0.1, 0.15) is 20.7 Å². The Labute approximate surface area is 161 Å². The van der Waals surface area contributed by atoms with Gasteiger partial charge in [-0.1, -0.05) is 0 Å². The van der Waals surface area contributed by atoms with Gasteiger partial charge in [0.05, 0.1) is 23.3 Å². The van der Waals surface area contributed by atoms with Crippen LogP contribution in [0, 0.1) is 0 Å². The molecule has 0 heterocycles. The monoisotopic (exact) mass is 452 g/mol. The quantitative estimate of drug-likeness (QED) is 0.331. The molecule has 2 aromatic carbocycles. The summed E-state index contributed by atoms with van der Waals surface area (Å²) in [7, 11) is 0. The molecule has 4 radical (unpaired) electrons. The van der Waals surface area contributed by atoms with E-state index in [9.17, 15) is 9.59 Å². The molecule has 0 bridgehead atoms. The van der Waals surface area contributed by atoms with E-state index in [0.717, 1.165) is 24.3 Å². The van der Waals surface area contributed by atoms with Crippen LogP contribution in [-0.2, 0) is 0 Å². The second kappa shape index (κ2) is 11.3. The maximum Gasteiger partial charge on any atom is 0.393 e. The van der Waals surface area contributed by atoms with Crippen molar-refractivity contribution < 1.29 is 61.4 Å². The molecule has 0 aliphatic rings. The van der Waals surface area contributed by atoms with Gasteiger partial charge in [0.1, 0.15) is 0 Å². The van der Waals surface area contributed by atoms with Crippen molar-refractivity contribution in [2.75, 3.05) is 0 Å². The van der Waals surface area contributed by atoms with Crippen LogP contribution in [0.3, 0.4) is 0 Å². The summed E-state index contributed by atoms with van der Waals surface area (Å²) < 4.78 is 0. The zero-order valence-corrected chi connectivity index (χ0v) is 15.4. The van der Waals surface area contributed by atoms with Gasteiger partial charge in [-0.2, -0.15) is 0 Å². The molecule has 0 atom stereocenters. The minimum Gasteiger partial charge on any atom is -0.870 e. The second-order valence-corrected chi connectivity index (χ2v) is 4.45. The molecule has 13 heteroatoms. The maximum absolute atomic E-state index is 10.4. The van der Waals surface area contributed by atoms with E-state index in [1.807, 2.05) is 0 Å². The van der Waals surface area contributed by atoms with Crippen molar-refractivity contribution in [3.05, 3.63) is 35.4 Å². The predicted molar refractivity (Wildman–Crippen MR) is 92.0 cm³/mol. The van der Waals surface area contributed by atoms with Crippen LogP contribution in [0.25, 0.3) is 0 Å². The summed E-state index contributed by atoms with van der Waals surface area (Å²) in [5.74, 6) is -4.74. The molecule has 0 unspecified atom stereocenters. The zero-order chi connectivity index (χ0) is 18.6. The van der Waals surface area contributed by atoms with E-state index < -0.39 is 23.4 Å². The zero-order valence-electron chi connectivity index (χ0n) is 13.3. The van der Waals surface area contributed by atoms with Crippen molar-refractivity contribution in [3.63, 3.8) is 0 Å². The van der Waals surface area contributed by atoms with E-state index in [-0.39, 0.29) is 62.7 Å². The van der Waals surface area contributed by atoms with Crippen molar-refractivity contribution in [1.29, 1.82) is 0 Å². The van der Waals surface area contributed by atoms with Crippen molar-refractivity contribution >= 4 is 29.5 Å². The molecule has 2 rings (SSSR count). The van der Waals surface area contributed by atoms with Crippen molar-refractivity contribution in [2.45, 2.75) is 0 Å². The van der Waals surface area contributed by atoms with Gasteiger partial charge >= 0.3 is 34.9 Å². The first-order valence-corrected chi connectivity index (χ1v) is 6.11. The molecule has 0 aromatic heterocycles. The van der Waals surface area contributed by atoms with Gasteiger partial charge in [0.15, 0.2) is 0 Å². The number of carboxylic acid groups (broad SMARTS) is 2. The number of aromatic carboxylic acids is 2. The molecule has 0 fully saturated rings. The minimum absolute atomic E-state index is 0. The first-order valence-electron chi connectivity index (χ1n) is 6.11. The molecule has 0 aliphatic heterocycles. The number of rotatable bonds is 2. The molecule has 0 spiro atoms. The first kappa shape index (κ1) is 28.4. The average Bonchev–Trinajstić information content (AvgIpc) is 2.49. The predicted octanol–water partition coefficient (Wildman–Crippen LogP) is -0.802. The molecule has 0 saturated heterocycles. The topological polar surface area (TPSA) is 267 Å². The molecule has 0 amide bonds. The number of carboxylic acids is 2. The Morgan fingerprint density at radius 2 is 0.926 bits per heavy atom. The minimum atomic E-state index is -1.22. The number of carbonyl (C=O) groups is 2. The second-order valence-electron chi connectivity index (χ2n) is 4.45. The molecular weight excluding hydrogens is 433 g/mol. The van der Waals surface area contributed by atoms with Gasteiger partial charge in [0, 0.05) is 29.7 Å². The molecule has 14 N–H and O–H groups in total. The van der Waals surface area contributed by atoms with Crippen molar-refractivity contribution in [1.82, 2.24) is 0 Å². The third-order valence-electron chi connectivity index (χ3n) is 2.73. The fourth-order valence-corrected chi connectivity index (χ4v) is 1.50. The van der Waals surface area contributed by atoms with E-state index in [1.165, 1.54) is 0 Å². The SMILES string of the molecule is O=C(O)c1cc(O)c([OH2+])c([OH2+])c1.O=C(O)c1cc(O)c([OH2+])c([OH2+])c1.[Ge].[OH-].[OH-]. The summed E-state index contributed by atoms with van der Waals surface area (Å²) in [6, 6.07) is 3.93. The molecule has 148 valence electrons. The van der Waals surface area contributed by atoms with E-state index >= 15 is 0 Å². The van der Waals surface area contributed by atoms with Gasteiger partial charge in [-0.05, 0) is 0 Å². The van der Waals surface area contributed by atoms with Crippen LogP contribution >= 0.6 is 0 Å². The smallest absolute Gasteiger partial charge is 0.393 e. The van der Waals surface area contributed by atoms with Gasteiger partial charge in [-0.3, -0.25) is 0 Å². The Morgan fingerprint density at radius 1 is 0.667 bits per heavy atom. The third kappa shape index (κ3) is 7.19. The molecule has 0 saturated carbocycles. The van der Waals surface area contributed by atoms with E-state index in [2.05, 4.69) is 0 Å². The summed E-state index contributed by atoms with van der Waals surface area (Å²) in [5, 5.41) is 63.1. The number of phenolic OH excluding ortho intramolecular Hbond substituents is 2. The van der Waals surface area contributed by atoms with Crippen LogP contribution in [0.4, 0.5) is 0 Å². The standard InChI is InChI=1S/2C7H6O5.Ge.2H2O/c2*8-4-1-3(7(11)12)2-5(9)6(4)10;;;/h2*1-2,8-10H,(H,11,12);;2*1H2/p+2. The Balaban J connectivity index is -0.000000384. The van der Waals surface area contributed by atoms with Gasteiger partial charge in [0.2, 0.25) is 11.5 Å². The molecular formula is C14H18GeO12+2. The summed E-state index contributed by atoms with van der Waals surface area (Å²) >= 11 is 0. The number of aromatic hydroxyl groups is 2. The normalized spacial score (nSPS) is 8.59. The Bertz CT molecular complexity index is 691. The summed E-state index contributed by atoms with van der Waals surface area (Å²) in [5.41, 5.74) is -0.373. The Kier molecular flexibility index (Phi) is 11.9. The van der Waals surface area contributed by atoms with Gasteiger partial charge in [0.25, 0.3) is 0 Å². The largest absolute Gasteiger partial charge is 0.870 e. The molecule has 2 aromatic rings. The molecule has 0 aliphatic carbocycles. The van der Waals surface area contributed by atoms with Crippen molar-refractivity contribution in [3.8, 4) is 34.5 Å². The summed E-state index contributed by atoms with van der Waals surface area (Å²) in [4.78, 5) is 20.7. The Hall–Kier alpha value is -3.36. The summed E-state index contributed by atoms with van der Waals surface area (Å²) in [6.07, 6.45) is 0. The number of benzene rings is 2.